The highest BCUT2D eigenvalue weighted by atomic mass is 79.9. The second kappa shape index (κ2) is 3.67. The molecule has 0 radical (unpaired) electrons. The molecule has 2 aliphatic heterocycles. The Morgan fingerprint density at radius 2 is 2.00 bits per heavy atom. The van der Waals surface area contributed by atoms with Gasteiger partial charge in [0, 0.05) is 9.86 Å². The topological polar surface area (TPSA) is 88.2 Å². The number of hydrogen-bond donors (Lipinski definition) is 2. The lowest BCUT2D eigenvalue weighted by Gasteiger charge is -2.12. The van der Waals surface area contributed by atoms with Gasteiger partial charge >= 0.3 is 0 Å². The first-order valence-corrected chi connectivity index (χ1v) is 5.77. The number of hydrogen-bond acceptors (Lipinski definition) is 5. The third kappa shape index (κ3) is 1.44. The number of nitrogens with zero attached hydrogens (tertiary/aromatic N) is 3. The van der Waals surface area contributed by atoms with Crippen molar-refractivity contribution in [2.45, 2.75) is 0 Å². The normalized spacial score (nSPS) is 11.2. The predicted molar refractivity (Wildman–Crippen MR) is 67.0 cm³/mol. The molecule has 2 aliphatic rings. The quantitative estimate of drug-likeness (QED) is 0.486. The lowest BCUT2D eigenvalue weighted by molar-refractivity contribution is 0.199. The van der Waals surface area contributed by atoms with Crippen molar-refractivity contribution in [3.05, 3.63) is 39.1 Å². The van der Waals surface area contributed by atoms with Crippen LogP contribution >= 0.6 is 15.9 Å². The third-order valence-corrected chi connectivity index (χ3v) is 3.16. The maximum Gasteiger partial charge on any atom is 0.298 e. The Morgan fingerprint density at radius 1 is 1.22 bits per heavy atom. The van der Waals surface area contributed by atoms with Gasteiger partial charge in [-0.25, -0.2) is 0 Å². The predicted octanol–water partition coefficient (Wildman–Crippen LogP) is 1.60. The van der Waals surface area contributed by atoms with Gasteiger partial charge in [-0.1, -0.05) is 15.9 Å². The van der Waals surface area contributed by atoms with Crippen LogP contribution in [0.3, 0.4) is 0 Å². The Bertz CT molecular complexity index is 800. The van der Waals surface area contributed by atoms with Gasteiger partial charge in [-0.3, -0.25) is 4.79 Å². The monoisotopic (exact) mass is 307 g/mol. The minimum atomic E-state index is -0.604. The van der Waals surface area contributed by atoms with Crippen LogP contribution in [0.2, 0.25) is 0 Å². The first kappa shape index (κ1) is 11.0. The second-order valence-electron chi connectivity index (χ2n) is 3.75. The van der Waals surface area contributed by atoms with E-state index in [1.807, 2.05) is 0 Å². The first-order chi connectivity index (χ1) is 8.58. The standard InChI is InChI=1S/C11H6BrN3O3/c12-6-1-2-8-5(3-6)4-7-9(15(8)18)11(17)14-13-10(7)16/h1-4,17-18H. The molecule has 7 heteroatoms. The van der Waals surface area contributed by atoms with E-state index in [1.165, 1.54) is 0 Å². The van der Waals surface area contributed by atoms with Crippen LogP contribution in [0.5, 0.6) is 5.88 Å². The van der Waals surface area contributed by atoms with E-state index < -0.39 is 11.4 Å². The summed E-state index contributed by atoms with van der Waals surface area (Å²) in [6.45, 7) is 0. The molecule has 0 unspecified atom stereocenters. The largest absolute Gasteiger partial charge is 0.491 e. The zero-order chi connectivity index (χ0) is 12.9. The van der Waals surface area contributed by atoms with E-state index in [2.05, 4.69) is 26.1 Å². The molecule has 0 spiro atoms. The van der Waals surface area contributed by atoms with Gasteiger partial charge in [0.15, 0.2) is 5.69 Å². The van der Waals surface area contributed by atoms with E-state index >= 15 is 0 Å². The summed E-state index contributed by atoms with van der Waals surface area (Å²) in [5, 5.41) is 26.9. The number of fused-ring (bicyclic) bond motifs is 2. The molecular weight excluding hydrogens is 302 g/mol. The van der Waals surface area contributed by atoms with Gasteiger partial charge in [0.1, 0.15) is 0 Å². The molecule has 1 aromatic carbocycles. The van der Waals surface area contributed by atoms with Gasteiger partial charge in [-0.05, 0) is 24.3 Å². The number of rotatable bonds is 0. The van der Waals surface area contributed by atoms with Crippen LogP contribution in [0.25, 0.3) is 22.2 Å². The molecule has 0 bridgehead atoms. The van der Waals surface area contributed by atoms with Gasteiger partial charge in [0.05, 0.1) is 11.1 Å². The number of aromatic hydroxyl groups is 1. The summed E-state index contributed by atoms with van der Waals surface area (Å²) < 4.78 is 1.55. The highest BCUT2D eigenvalue weighted by Crippen LogP contribution is 2.30. The van der Waals surface area contributed by atoms with Gasteiger partial charge < -0.3 is 10.3 Å². The van der Waals surface area contributed by atoms with E-state index in [0.717, 1.165) is 9.20 Å². The first-order valence-electron chi connectivity index (χ1n) is 4.98. The summed E-state index contributed by atoms with van der Waals surface area (Å²) in [5.74, 6) is -0.489. The zero-order valence-electron chi connectivity index (χ0n) is 8.83. The maximum absolute atomic E-state index is 11.6. The highest BCUT2D eigenvalue weighted by molar-refractivity contribution is 9.10. The molecule has 2 heterocycles. The molecule has 1 aromatic rings. The van der Waals surface area contributed by atoms with Crippen molar-refractivity contribution in [2.24, 2.45) is 0 Å². The Kier molecular flexibility index (Phi) is 2.24. The van der Waals surface area contributed by atoms with Crippen molar-refractivity contribution in [3.63, 3.8) is 0 Å². The Labute approximate surface area is 109 Å². The van der Waals surface area contributed by atoms with Crippen LogP contribution < -0.4 is 5.56 Å². The SMILES string of the molecule is O=c1nnc(O)c2n(O)c3ccc(Br)cc3cc1-2. The van der Waals surface area contributed by atoms with Crippen molar-refractivity contribution in [1.29, 1.82) is 0 Å². The van der Waals surface area contributed by atoms with Crippen molar-refractivity contribution >= 4 is 26.8 Å². The van der Waals surface area contributed by atoms with E-state index in [4.69, 9.17) is 0 Å². The number of halogens is 1. The van der Waals surface area contributed by atoms with Gasteiger partial charge in [0.2, 0.25) is 0 Å². The maximum atomic E-state index is 11.6. The van der Waals surface area contributed by atoms with Crippen LogP contribution in [-0.4, -0.2) is 25.2 Å². The van der Waals surface area contributed by atoms with Crippen molar-refractivity contribution in [3.8, 4) is 17.1 Å². The van der Waals surface area contributed by atoms with Crippen LogP contribution in [0.15, 0.2) is 33.5 Å². The fourth-order valence-electron chi connectivity index (χ4n) is 1.86. The van der Waals surface area contributed by atoms with E-state index in [-0.39, 0.29) is 11.3 Å². The molecule has 90 valence electrons. The lowest BCUT2D eigenvalue weighted by atomic mass is 10.1. The lowest BCUT2D eigenvalue weighted by Crippen LogP contribution is -2.16. The molecule has 6 nitrogen and oxygen atoms in total. The summed E-state index contributed by atoms with van der Waals surface area (Å²) in [4.78, 5) is 11.6. The molecule has 0 aromatic heterocycles. The molecule has 18 heavy (non-hydrogen) atoms. The average molecular weight is 308 g/mol. The second-order valence-corrected chi connectivity index (χ2v) is 4.67. The summed E-state index contributed by atoms with van der Waals surface area (Å²) in [6.07, 6.45) is 0. The minimum Gasteiger partial charge on any atom is -0.491 e. The zero-order valence-corrected chi connectivity index (χ0v) is 10.4. The van der Waals surface area contributed by atoms with Crippen LogP contribution in [-0.2, 0) is 0 Å². The van der Waals surface area contributed by atoms with Crippen molar-refractivity contribution in [1.82, 2.24) is 14.9 Å². The van der Waals surface area contributed by atoms with E-state index in [0.29, 0.717) is 10.9 Å². The number of pyridine rings is 1. The fraction of sp³-hybridized carbons (Fsp3) is 0. The molecular formula is C11H6BrN3O3. The van der Waals surface area contributed by atoms with E-state index in [9.17, 15) is 15.1 Å². The molecule has 0 saturated heterocycles. The van der Waals surface area contributed by atoms with Crippen LogP contribution in [0.1, 0.15) is 0 Å². The Hall–Kier alpha value is -2.15. The van der Waals surface area contributed by atoms with Gasteiger partial charge in [-0.2, -0.15) is 4.73 Å². The van der Waals surface area contributed by atoms with Crippen molar-refractivity contribution < 1.29 is 10.3 Å². The average Bonchev–Trinajstić information content (AvgIpc) is 2.33. The Morgan fingerprint density at radius 3 is 2.78 bits per heavy atom. The molecule has 0 atom stereocenters. The molecule has 3 rings (SSSR count). The van der Waals surface area contributed by atoms with E-state index in [1.54, 1.807) is 24.3 Å². The summed E-state index contributed by atoms with van der Waals surface area (Å²) in [6, 6.07) is 6.70. The summed E-state index contributed by atoms with van der Waals surface area (Å²) >= 11 is 3.31. The molecule has 0 saturated carbocycles. The Balaban J connectivity index is 2.60. The van der Waals surface area contributed by atoms with Crippen LogP contribution in [0.4, 0.5) is 0 Å². The van der Waals surface area contributed by atoms with Gasteiger partial charge in [-0.15, -0.1) is 10.2 Å². The smallest absolute Gasteiger partial charge is 0.298 e. The molecule has 2 N–H and O–H groups in total. The highest BCUT2D eigenvalue weighted by Gasteiger charge is 2.19. The fourth-order valence-corrected chi connectivity index (χ4v) is 2.24. The number of benzene rings is 1. The van der Waals surface area contributed by atoms with Crippen LogP contribution in [0, 0.1) is 0 Å². The summed E-state index contributed by atoms with van der Waals surface area (Å²) in [7, 11) is 0. The van der Waals surface area contributed by atoms with Gasteiger partial charge in [0.25, 0.3) is 11.4 Å². The third-order valence-electron chi connectivity index (χ3n) is 2.66. The minimum absolute atomic E-state index is 0.0511. The summed E-state index contributed by atoms with van der Waals surface area (Å²) in [5.41, 5.74) is -0.0960. The molecule has 0 amide bonds. The molecule has 0 aliphatic carbocycles. The van der Waals surface area contributed by atoms with Crippen molar-refractivity contribution in [2.75, 3.05) is 0 Å². The molecule has 0 fully saturated rings. The number of aromatic nitrogens is 3.